The van der Waals surface area contributed by atoms with Crippen molar-refractivity contribution in [1.82, 2.24) is 4.90 Å². The first-order chi connectivity index (χ1) is 8.20. The third kappa shape index (κ3) is 2.78. The van der Waals surface area contributed by atoms with Gasteiger partial charge in [0.15, 0.2) is 0 Å². The van der Waals surface area contributed by atoms with Gasteiger partial charge in [-0.2, -0.15) is 0 Å². The van der Waals surface area contributed by atoms with Crippen LogP contribution in [0.1, 0.15) is 31.7 Å². The number of nitrogens with zero attached hydrogens (tertiary/aromatic N) is 1. The van der Waals surface area contributed by atoms with Gasteiger partial charge in [-0.3, -0.25) is 4.79 Å². The first-order valence-electron chi connectivity index (χ1n) is 6.34. The minimum absolute atomic E-state index is 0.249. The molecule has 0 radical (unpaired) electrons. The van der Waals surface area contributed by atoms with Crippen LogP contribution in [-0.4, -0.2) is 23.4 Å². The van der Waals surface area contributed by atoms with Gasteiger partial charge >= 0.3 is 0 Å². The maximum absolute atomic E-state index is 12.2. The zero-order valence-corrected chi connectivity index (χ0v) is 10.4. The predicted octanol–water partition coefficient (Wildman–Crippen LogP) is 2.21. The van der Waals surface area contributed by atoms with Crippen LogP contribution in [0, 0.1) is 0 Å². The van der Waals surface area contributed by atoms with Gasteiger partial charge in [-0.25, -0.2) is 0 Å². The van der Waals surface area contributed by atoms with Crippen LogP contribution in [0.3, 0.4) is 0 Å². The highest BCUT2D eigenvalue weighted by Crippen LogP contribution is 2.21. The monoisotopic (exact) mass is 232 g/mol. The van der Waals surface area contributed by atoms with E-state index < -0.39 is 0 Å². The van der Waals surface area contributed by atoms with Crippen LogP contribution < -0.4 is 5.73 Å². The standard InChI is InChI=1S/C14H20N2O/c1-2-13-4-3-9-16(13)14(17)10-11-5-7-12(15)8-6-11/h5-8,13H,2-4,9-10,15H2,1H3. The van der Waals surface area contributed by atoms with Crippen LogP contribution in [-0.2, 0) is 11.2 Å². The number of carbonyl (C=O) groups is 1. The third-order valence-electron chi connectivity index (χ3n) is 3.50. The number of benzene rings is 1. The van der Waals surface area contributed by atoms with Crippen LogP contribution in [0.15, 0.2) is 24.3 Å². The second-order valence-corrected chi connectivity index (χ2v) is 4.71. The van der Waals surface area contributed by atoms with E-state index in [9.17, 15) is 4.79 Å². The summed E-state index contributed by atoms with van der Waals surface area (Å²) < 4.78 is 0. The predicted molar refractivity (Wildman–Crippen MR) is 69.6 cm³/mol. The lowest BCUT2D eigenvalue weighted by Gasteiger charge is -2.23. The Morgan fingerprint density at radius 3 is 2.76 bits per heavy atom. The molecule has 3 heteroatoms. The van der Waals surface area contributed by atoms with Crippen LogP contribution in [0.25, 0.3) is 0 Å². The highest BCUT2D eigenvalue weighted by Gasteiger charge is 2.26. The Morgan fingerprint density at radius 1 is 1.41 bits per heavy atom. The van der Waals surface area contributed by atoms with Crippen molar-refractivity contribution in [2.24, 2.45) is 0 Å². The van der Waals surface area contributed by atoms with Crippen molar-refractivity contribution in [3.05, 3.63) is 29.8 Å². The summed E-state index contributed by atoms with van der Waals surface area (Å²) in [5, 5.41) is 0. The zero-order chi connectivity index (χ0) is 12.3. The van der Waals surface area contributed by atoms with E-state index in [2.05, 4.69) is 6.92 Å². The molecule has 1 aliphatic heterocycles. The van der Waals surface area contributed by atoms with E-state index in [4.69, 9.17) is 5.73 Å². The Kier molecular flexibility index (Phi) is 3.67. The quantitative estimate of drug-likeness (QED) is 0.812. The Labute approximate surface area is 103 Å². The Morgan fingerprint density at radius 2 is 2.12 bits per heavy atom. The molecular weight excluding hydrogens is 212 g/mol. The van der Waals surface area contributed by atoms with Gasteiger partial charge in [-0.05, 0) is 37.0 Å². The number of likely N-dealkylation sites (tertiary alicyclic amines) is 1. The van der Waals surface area contributed by atoms with Gasteiger partial charge < -0.3 is 10.6 Å². The molecule has 1 atom stereocenters. The SMILES string of the molecule is CCC1CCCN1C(=O)Cc1ccc(N)cc1. The van der Waals surface area contributed by atoms with E-state index >= 15 is 0 Å². The second kappa shape index (κ2) is 5.21. The van der Waals surface area contributed by atoms with Gasteiger partial charge in [0.1, 0.15) is 0 Å². The lowest BCUT2D eigenvalue weighted by molar-refractivity contribution is -0.131. The second-order valence-electron chi connectivity index (χ2n) is 4.71. The molecule has 3 nitrogen and oxygen atoms in total. The summed E-state index contributed by atoms with van der Waals surface area (Å²) in [4.78, 5) is 14.2. The van der Waals surface area contributed by atoms with Crippen molar-refractivity contribution in [2.45, 2.75) is 38.6 Å². The van der Waals surface area contributed by atoms with Crippen molar-refractivity contribution >= 4 is 11.6 Å². The molecule has 92 valence electrons. The fourth-order valence-electron chi connectivity index (χ4n) is 2.50. The molecule has 0 saturated carbocycles. The highest BCUT2D eigenvalue weighted by atomic mass is 16.2. The van der Waals surface area contributed by atoms with E-state index in [1.807, 2.05) is 29.2 Å². The largest absolute Gasteiger partial charge is 0.399 e. The van der Waals surface area contributed by atoms with E-state index in [0.29, 0.717) is 12.5 Å². The van der Waals surface area contributed by atoms with Crippen LogP contribution in [0.4, 0.5) is 5.69 Å². The average Bonchev–Trinajstić information content (AvgIpc) is 2.80. The smallest absolute Gasteiger partial charge is 0.227 e. The maximum Gasteiger partial charge on any atom is 0.227 e. The average molecular weight is 232 g/mol. The summed E-state index contributed by atoms with van der Waals surface area (Å²) in [6.07, 6.45) is 3.86. The molecule has 1 amide bonds. The number of anilines is 1. The van der Waals surface area contributed by atoms with Gasteiger partial charge in [-0.1, -0.05) is 19.1 Å². The summed E-state index contributed by atoms with van der Waals surface area (Å²) in [7, 11) is 0. The number of hydrogen-bond donors (Lipinski definition) is 1. The molecule has 0 aromatic heterocycles. The number of amides is 1. The van der Waals surface area contributed by atoms with Gasteiger partial charge in [0.2, 0.25) is 5.91 Å². The van der Waals surface area contributed by atoms with Crippen molar-refractivity contribution < 1.29 is 4.79 Å². The number of carbonyl (C=O) groups excluding carboxylic acids is 1. The molecule has 1 aromatic carbocycles. The molecule has 0 aliphatic carbocycles. The molecule has 2 N–H and O–H groups in total. The Bertz CT molecular complexity index is 386. The minimum Gasteiger partial charge on any atom is -0.399 e. The number of hydrogen-bond acceptors (Lipinski definition) is 2. The van der Waals surface area contributed by atoms with Gasteiger partial charge in [0.25, 0.3) is 0 Å². The van der Waals surface area contributed by atoms with E-state index in [1.54, 1.807) is 0 Å². The summed E-state index contributed by atoms with van der Waals surface area (Å²) in [5.41, 5.74) is 7.42. The van der Waals surface area contributed by atoms with Crippen LogP contribution >= 0.6 is 0 Å². The molecule has 17 heavy (non-hydrogen) atoms. The van der Waals surface area contributed by atoms with Crippen molar-refractivity contribution in [3.8, 4) is 0 Å². The molecule has 1 heterocycles. The molecule has 1 saturated heterocycles. The minimum atomic E-state index is 0.249. The van der Waals surface area contributed by atoms with Crippen LogP contribution in [0.5, 0.6) is 0 Å². The lowest BCUT2D eigenvalue weighted by atomic mass is 10.1. The summed E-state index contributed by atoms with van der Waals surface area (Å²) in [6, 6.07) is 8.03. The fourth-order valence-corrected chi connectivity index (χ4v) is 2.50. The maximum atomic E-state index is 12.2. The van der Waals surface area contributed by atoms with Gasteiger partial charge in [0, 0.05) is 18.3 Å². The van der Waals surface area contributed by atoms with E-state index in [1.165, 1.54) is 0 Å². The van der Waals surface area contributed by atoms with E-state index in [0.717, 1.165) is 37.1 Å². The van der Waals surface area contributed by atoms with Crippen molar-refractivity contribution in [2.75, 3.05) is 12.3 Å². The Hall–Kier alpha value is -1.51. The van der Waals surface area contributed by atoms with Crippen molar-refractivity contribution in [3.63, 3.8) is 0 Å². The number of rotatable bonds is 3. The molecule has 0 bridgehead atoms. The number of nitrogen functional groups attached to an aromatic ring is 1. The lowest BCUT2D eigenvalue weighted by Crippen LogP contribution is -2.36. The molecule has 2 rings (SSSR count). The van der Waals surface area contributed by atoms with E-state index in [-0.39, 0.29) is 5.91 Å². The Balaban J connectivity index is 1.99. The third-order valence-corrected chi connectivity index (χ3v) is 3.50. The molecule has 1 unspecified atom stereocenters. The summed E-state index contributed by atoms with van der Waals surface area (Å²) in [5.74, 6) is 0.249. The highest BCUT2D eigenvalue weighted by molar-refractivity contribution is 5.79. The zero-order valence-electron chi connectivity index (χ0n) is 10.4. The fraction of sp³-hybridized carbons (Fsp3) is 0.500. The topological polar surface area (TPSA) is 46.3 Å². The van der Waals surface area contributed by atoms with Crippen LogP contribution in [0.2, 0.25) is 0 Å². The first-order valence-corrected chi connectivity index (χ1v) is 6.34. The molecule has 1 fully saturated rings. The molecule has 1 aliphatic rings. The van der Waals surface area contributed by atoms with Gasteiger partial charge in [-0.15, -0.1) is 0 Å². The first kappa shape index (κ1) is 12.0. The molecule has 1 aromatic rings. The number of nitrogens with two attached hydrogens (primary N) is 1. The summed E-state index contributed by atoms with van der Waals surface area (Å²) in [6.45, 7) is 3.08. The summed E-state index contributed by atoms with van der Waals surface area (Å²) >= 11 is 0. The van der Waals surface area contributed by atoms with Crippen molar-refractivity contribution in [1.29, 1.82) is 0 Å². The normalized spacial score (nSPS) is 19.6. The molecule has 0 spiro atoms. The van der Waals surface area contributed by atoms with Gasteiger partial charge in [0.05, 0.1) is 6.42 Å². The molecular formula is C14H20N2O.